The summed E-state index contributed by atoms with van der Waals surface area (Å²) in [6.45, 7) is 1.64. The quantitative estimate of drug-likeness (QED) is 0.746. The van der Waals surface area contributed by atoms with Gasteiger partial charge in [0.05, 0.1) is 6.04 Å². The van der Waals surface area contributed by atoms with Crippen LogP contribution in [0.3, 0.4) is 0 Å². The summed E-state index contributed by atoms with van der Waals surface area (Å²) in [6, 6.07) is 8.50. The number of ether oxygens (including phenoxy) is 1. The number of carbonyl (C=O) groups excluding carboxylic acids is 4. The lowest BCUT2D eigenvalue weighted by molar-refractivity contribution is -0.136. The van der Waals surface area contributed by atoms with Gasteiger partial charge in [-0.2, -0.15) is 0 Å². The molecule has 3 rings (SSSR count). The van der Waals surface area contributed by atoms with E-state index < -0.39 is 24.1 Å². The number of imide groups is 1. The molecule has 2 aliphatic rings. The van der Waals surface area contributed by atoms with Crippen LogP contribution in [0, 0.1) is 5.92 Å². The largest absolute Gasteiger partial charge is 0.447 e. The Morgan fingerprint density at radius 2 is 1.81 bits per heavy atom. The molecule has 2 saturated heterocycles. The van der Waals surface area contributed by atoms with Crippen LogP contribution in [-0.2, 0) is 25.5 Å². The fraction of sp³-hybridized carbons (Fsp3) is 0.565. The van der Waals surface area contributed by atoms with Gasteiger partial charge < -0.3 is 10.1 Å². The molecule has 0 spiro atoms. The Labute approximate surface area is 187 Å². The zero-order valence-corrected chi connectivity index (χ0v) is 18.7. The highest BCUT2D eigenvalue weighted by atomic mass is 32.2. The van der Waals surface area contributed by atoms with Crippen LogP contribution >= 0.6 is 11.8 Å². The summed E-state index contributed by atoms with van der Waals surface area (Å²) in [7, 11) is 0. The fourth-order valence-electron chi connectivity index (χ4n) is 4.08. The van der Waals surface area contributed by atoms with Crippen molar-refractivity contribution in [1.82, 2.24) is 10.2 Å². The molecule has 168 valence electrons. The molecule has 1 N–H and O–H groups in total. The number of thioether (sulfide) groups is 1. The van der Waals surface area contributed by atoms with Gasteiger partial charge >= 0.3 is 6.09 Å². The van der Waals surface area contributed by atoms with Crippen LogP contribution in [-0.4, -0.2) is 52.4 Å². The second-order valence-corrected chi connectivity index (χ2v) is 9.38. The molecule has 2 aliphatic heterocycles. The van der Waals surface area contributed by atoms with E-state index in [1.165, 1.54) is 11.8 Å². The Morgan fingerprint density at radius 3 is 2.52 bits per heavy atom. The summed E-state index contributed by atoms with van der Waals surface area (Å²) in [5, 5.41) is 2.85. The van der Waals surface area contributed by atoms with Gasteiger partial charge in [-0.15, -0.1) is 0 Å². The maximum absolute atomic E-state index is 13.3. The van der Waals surface area contributed by atoms with Crippen molar-refractivity contribution in [2.24, 2.45) is 5.92 Å². The van der Waals surface area contributed by atoms with Gasteiger partial charge in [-0.25, -0.2) is 9.69 Å². The summed E-state index contributed by atoms with van der Waals surface area (Å²) in [6.07, 6.45) is 4.70. The van der Waals surface area contributed by atoms with Crippen LogP contribution in [0.15, 0.2) is 30.3 Å². The molecule has 0 aliphatic carbocycles. The van der Waals surface area contributed by atoms with Crippen molar-refractivity contribution >= 4 is 34.8 Å². The standard InChI is InChI=1S/C23H30N2O5S/c1-16(26)31-15-18-11-7-2-3-8-12-20(24-21(18)27)22(28)25-19(14-30-23(25)29)13-17-9-5-4-6-10-17/h4-6,9-10,18-20H,2-3,7-8,11-15H2,1H3,(H,24,27)/t18-,19-,20-/m1/s1. The molecule has 3 atom stereocenters. The summed E-state index contributed by atoms with van der Waals surface area (Å²) in [5.74, 6) is -0.547. The number of amides is 3. The Morgan fingerprint density at radius 1 is 1.10 bits per heavy atom. The molecule has 0 aromatic heterocycles. The molecule has 7 nitrogen and oxygen atoms in total. The molecule has 3 amide bonds. The molecule has 8 heteroatoms. The second kappa shape index (κ2) is 11.3. The summed E-state index contributed by atoms with van der Waals surface area (Å²) in [5.41, 5.74) is 1.01. The summed E-state index contributed by atoms with van der Waals surface area (Å²) in [4.78, 5) is 51.2. The third-order valence-electron chi connectivity index (χ3n) is 5.78. The van der Waals surface area contributed by atoms with Crippen LogP contribution in [0.4, 0.5) is 4.79 Å². The van der Waals surface area contributed by atoms with Crippen LogP contribution in [0.1, 0.15) is 51.0 Å². The number of cyclic esters (lactones) is 1. The lowest BCUT2D eigenvalue weighted by atomic mass is 9.96. The highest BCUT2D eigenvalue weighted by Gasteiger charge is 2.41. The first kappa shape index (κ1) is 23.3. The first-order valence-corrected chi connectivity index (χ1v) is 11.9. The predicted octanol–water partition coefficient (Wildman–Crippen LogP) is 3.31. The lowest BCUT2D eigenvalue weighted by Crippen LogP contribution is -2.53. The number of hydrogen-bond acceptors (Lipinski definition) is 6. The minimum atomic E-state index is -0.764. The zero-order valence-electron chi connectivity index (χ0n) is 17.9. The molecule has 0 radical (unpaired) electrons. The number of carbonyl (C=O) groups is 4. The van der Waals surface area contributed by atoms with Crippen LogP contribution in [0.2, 0.25) is 0 Å². The topological polar surface area (TPSA) is 92.8 Å². The number of hydrogen-bond donors (Lipinski definition) is 1. The smallest absolute Gasteiger partial charge is 0.417 e. The third-order valence-corrected chi connectivity index (χ3v) is 6.76. The molecule has 31 heavy (non-hydrogen) atoms. The van der Waals surface area contributed by atoms with Gasteiger partial charge in [0.2, 0.25) is 5.91 Å². The SMILES string of the molecule is CC(=O)SC[C@H]1CCCCCC[C@H](C(=O)N2C(=O)OC[C@H]2Cc2ccccc2)NC1=O. The Hall–Kier alpha value is -2.35. The van der Waals surface area contributed by atoms with Gasteiger partial charge in [0.15, 0.2) is 5.12 Å². The van der Waals surface area contributed by atoms with E-state index >= 15 is 0 Å². The second-order valence-electron chi connectivity index (χ2n) is 8.18. The molecule has 2 fully saturated rings. The van der Waals surface area contributed by atoms with E-state index in [0.29, 0.717) is 25.0 Å². The highest BCUT2D eigenvalue weighted by molar-refractivity contribution is 8.13. The Kier molecular flexibility index (Phi) is 8.51. The Balaban J connectivity index is 1.72. The van der Waals surface area contributed by atoms with E-state index in [1.54, 1.807) is 0 Å². The van der Waals surface area contributed by atoms with Crippen molar-refractivity contribution in [3.05, 3.63) is 35.9 Å². The lowest BCUT2D eigenvalue weighted by Gasteiger charge is -2.28. The predicted molar refractivity (Wildman–Crippen MR) is 118 cm³/mol. The average molecular weight is 447 g/mol. The maximum Gasteiger partial charge on any atom is 0.417 e. The van der Waals surface area contributed by atoms with Crippen molar-refractivity contribution in [1.29, 1.82) is 0 Å². The van der Waals surface area contributed by atoms with Gasteiger partial charge in [-0.1, -0.05) is 67.8 Å². The molecular weight excluding hydrogens is 416 g/mol. The van der Waals surface area contributed by atoms with E-state index in [0.717, 1.165) is 43.0 Å². The van der Waals surface area contributed by atoms with E-state index in [1.807, 2.05) is 30.3 Å². The van der Waals surface area contributed by atoms with E-state index in [4.69, 9.17) is 4.74 Å². The van der Waals surface area contributed by atoms with Crippen molar-refractivity contribution < 1.29 is 23.9 Å². The van der Waals surface area contributed by atoms with Gasteiger partial charge in [0, 0.05) is 18.6 Å². The van der Waals surface area contributed by atoms with E-state index in [2.05, 4.69) is 5.32 Å². The number of nitrogens with zero attached hydrogens (tertiary/aromatic N) is 1. The third kappa shape index (κ3) is 6.56. The van der Waals surface area contributed by atoms with Crippen molar-refractivity contribution in [3.63, 3.8) is 0 Å². The van der Waals surface area contributed by atoms with Gasteiger partial charge in [-0.05, 0) is 24.8 Å². The van der Waals surface area contributed by atoms with Crippen LogP contribution in [0.25, 0.3) is 0 Å². The fourth-order valence-corrected chi connectivity index (χ4v) is 4.84. The molecule has 0 bridgehead atoms. The van der Waals surface area contributed by atoms with E-state index in [9.17, 15) is 19.2 Å². The molecule has 0 unspecified atom stereocenters. The minimum Gasteiger partial charge on any atom is -0.447 e. The first-order chi connectivity index (χ1) is 15.0. The maximum atomic E-state index is 13.3. The monoisotopic (exact) mass is 446 g/mol. The number of benzene rings is 1. The van der Waals surface area contributed by atoms with Gasteiger partial charge in [0.1, 0.15) is 12.6 Å². The first-order valence-electron chi connectivity index (χ1n) is 10.9. The summed E-state index contributed by atoms with van der Waals surface area (Å²) < 4.78 is 5.19. The summed E-state index contributed by atoms with van der Waals surface area (Å²) >= 11 is 1.14. The zero-order chi connectivity index (χ0) is 22.2. The molecule has 2 heterocycles. The van der Waals surface area contributed by atoms with Crippen molar-refractivity contribution in [2.75, 3.05) is 12.4 Å². The van der Waals surface area contributed by atoms with Crippen molar-refractivity contribution in [2.45, 2.75) is 64.0 Å². The number of nitrogens with one attached hydrogen (secondary N) is 1. The molecule has 1 aromatic carbocycles. The van der Waals surface area contributed by atoms with Crippen molar-refractivity contribution in [3.8, 4) is 0 Å². The highest BCUT2D eigenvalue weighted by Crippen LogP contribution is 2.23. The van der Waals surface area contributed by atoms with Crippen LogP contribution in [0.5, 0.6) is 0 Å². The van der Waals surface area contributed by atoms with Gasteiger partial charge in [-0.3, -0.25) is 14.4 Å². The van der Waals surface area contributed by atoms with Crippen LogP contribution < -0.4 is 5.32 Å². The normalized spacial score (nSPS) is 24.9. The molecular formula is C23H30N2O5S. The average Bonchev–Trinajstić information content (AvgIpc) is 3.11. The van der Waals surface area contributed by atoms with Gasteiger partial charge in [0.25, 0.3) is 5.91 Å². The Bertz CT molecular complexity index is 800. The number of rotatable bonds is 5. The minimum absolute atomic E-state index is 0.0268. The molecule has 1 aromatic rings. The van der Waals surface area contributed by atoms with E-state index in [-0.39, 0.29) is 23.5 Å². The molecule has 0 saturated carbocycles.